The minimum Gasteiger partial charge on any atom is -0.309 e. The summed E-state index contributed by atoms with van der Waals surface area (Å²) >= 11 is 1.85. The highest BCUT2D eigenvalue weighted by Gasteiger charge is 2.28. The Kier molecular flexibility index (Phi) is 4.23. The molecule has 0 spiro atoms. The van der Waals surface area contributed by atoms with Gasteiger partial charge in [0.1, 0.15) is 0 Å². The zero-order valence-electron chi connectivity index (χ0n) is 11.2. The van der Waals surface area contributed by atoms with Crippen molar-refractivity contribution >= 4 is 11.3 Å². The van der Waals surface area contributed by atoms with E-state index in [0.717, 1.165) is 6.54 Å². The van der Waals surface area contributed by atoms with Crippen molar-refractivity contribution in [3.05, 3.63) is 22.4 Å². The monoisotopic (exact) mass is 252 g/mol. The van der Waals surface area contributed by atoms with Gasteiger partial charge in [-0.2, -0.15) is 0 Å². The van der Waals surface area contributed by atoms with Crippen LogP contribution in [0.4, 0.5) is 0 Å². The van der Waals surface area contributed by atoms with E-state index in [9.17, 15) is 0 Å². The van der Waals surface area contributed by atoms with Crippen LogP contribution in [0.25, 0.3) is 0 Å². The van der Waals surface area contributed by atoms with E-state index in [2.05, 4.69) is 48.6 Å². The lowest BCUT2D eigenvalue weighted by atomic mass is 9.80. The minimum absolute atomic E-state index is 0.484. The Balaban J connectivity index is 1.81. The van der Waals surface area contributed by atoms with E-state index in [1.807, 2.05) is 11.3 Å². The van der Waals surface area contributed by atoms with Crippen LogP contribution in [0.1, 0.15) is 37.6 Å². The number of thiophene rings is 1. The number of likely N-dealkylation sites (tertiary alicyclic amines) is 1. The standard InChI is InChI=1S/C14H24N2S/c1-12(13-5-4-10-17-13)15-11-14(2)6-8-16(3)9-7-14/h4-5,10,12,15H,6-9,11H2,1-3H3. The second-order valence-corrected chi connectivity index (χ2v) is 6.71. The van der Waals surface area contributed by atoms with E-state index in [0.29, 0.717) is 11.5 Å². The van der Waals surface area contributed by atoms with Crippen molar-refractivity contribution in [2.24, 2.45) is 5.41 Å². The van der Waals surface area contributed by atoms with Crippen LogP contribution in [0.3, 0.4) is 0 Å². The fraction of sp³-hybridized carbons (Fsp3) is 0.714. The minimum atomic E-state index is 0.484. The molecule has 2 nitrogen and oxygen atoms in total. The fourth-order valence-corrected chi connectivity index (χ4v) is 3.13. The van der Waals surface area contributed by atoms with E-state index in [1.165, 1.54) is 30.8 Å². The number of hydrogen-bond acceptors (Lipinski definition) is 3. The van der Waals surface area contributed by atoms with Gasteiger partial charge < -0.3 is 10.2 Å². The molecule has 1 aliphatic heterocycles. The van der Waals surface area contributed by atoms with Crippen LogP contribution >= 0.6 is 11.3 Å². The molecular formula is C14H24N2S. The van der Waals surface area contributed by atoms with Crippen molar-refractivity contribution in [3.63, 3.8) is 0 Å². The number of piperidine rings is 1. The third-order valence-electron chi connectivity index (χ3n) is 4.00. The highest BCUT2D eigenvalue weighted by Crippen LogP contribution is 2.30. The second kappa shape index (κ2) is 5.51. The zero-order valence-corrected chi connectivity index (χ0v) is 12.0. The van der Waals surface area contributed by atoms with Crippen LogP contribution in [0.5, 0.6) is 0 Å². The maximum atomic E-state index is 3.70. The number of hydrogen-bond donors (Lipinski definition) is 1. The first kappa shape index (κ1) is 13.1. The average Bonchev–Trinajstić information content (AvgIpc) is 2.84. The van der Waals surface area contributed by atoms with Crippen LogP contribution < -0.4 is 5.32 Å². The van der Waals surface area contributed by atoms with Crippen LogP contribution in [0.2, 0.25) is 0 Å². The van der Waals surface area contributed by atoms with Gasteiger partial charge >= 0.3 is 0 Å². The van der Waals surface area contributed by atoms with Gasteiger partial charge in [0.25, 0.3) is 0 Å². The van der Waals surface area contributed by atoms with Crippen LogP contribution in [0.15, 0.2) is 17.5 Å². The van der Waals surface area contributed by atoms with Crippen LogP contribution in [0, 0.1) is 5.41 Å². The fourth-order valence-electron chi connectivity index (χ4n) is 2.37. The first-order valence-corrected chi connectivity index (χ1v) is 7.42. The van der Waals surface area contributed by atoms with Crippen molar-refractivity contribution in [2.75, 3.05) is 26.7 Å². The van der Waals surface area contributed by atoms with Crippen molar-refractivity contribution < 1.29 is 0 Å². The zero-order chi connectivity index (χ0) is 12.3. The predicted octanol–water partition coefficient (Wildman–Crippen LogP) is 3.13. The van der Waals surface area contributed by atoms with Gasteiger partial charge in [-0.15, -0.1) is 11.3 Å². The summed E-state index contributed by atoms with van der Waals surface area (Å²) in [5, 5.41) is 5.86. The van der Waals surface area contributed by atoms with Crippen LogP contribution in [-0.4, -0.2) is 31.6 Å². The molecular weight excluding hydrogens is 228 g/mol. The lowest BCUT2D eigenvalue weighted by molar-refractivity contribution is 0.134. The molecule has 1 N–H and O–H groups in total. The molecule has 1 unspecified atom stereocenters. The molecule has 96 valence electrons. The van der Waals surface area contributed by atoms with Crippen molar-refractivity contribution in [1.82, 2.24) is 10.2 Å². The third kappa shape index (κ3) is 3.54. The molecule has 0 amide bonds. The van der Waals surface area contributed by atoms with E-state index in [4.69, 9.17) is 0 Å². The van der Waals surface area contributed by atoms with Crippen LogP contribution in [-0.2, 0) is 0 Å². The molecule has 1 aliphatic rings. The van der Waals surface area contributed by atoms with Gasteiger partial charge in [-0.1, -0.05) is 13.0 Å². The smallest absolute Gasteiger partial charge is 0.0386 e. The SMILES string of the molecule is CC(NCC1(C)CCN(C)CC1)c1cccs1. The Morgan fingerprint density at radius 2 is 2.18 bits per heavy atom. The molecule has 1 saturated heterocycles. The first-order valence-electron chi connectivity index (χ1n) is 6.54. The normalized spacial score (nSPS) is 22.5. The summed E-state index contributed by atoms with van der Waals surface area (Å²) in [6, 6.07) is 4.85. The van der Waals surface area contributed by atoms with Gasteiger partial charge in [0.05, 0.1) is 0 Å². The average molecular weight is 252 g/mol. The molecule has 2 heterocycles. The Labute approximate surface area is 109 Å². The molecule has 17 heavy (non-hydrogen) atoms. The molecule has 1 atom stereocenters. The van der Waals surface area contributed by atoms with Gasteiger partial charge in [0, 0.05) is 17.5 Å². The summed E-state index contributed by atoms with van der Waals surface area (Å²) in [6.07, 6.45) is 2.63. The maximum absolute atomic E-state index is 3.70. The van der Waals surface area contributed by atoms with Gasteiger partial charge in [-0.25, -0.2) is 0 Å². The summed E-state index contributed by atoms with van der Waals surface area (Å²) in [5.74, 6) is 0. The molecule has 1 fully saturated rings. The summed E-state index contributed by atoms with van der Waals surface area (Å²) in [5.41, 5.74) is 0.484. The van der Waals surface area contributed by atoms with Crippen molar-refractivity contribution in [3.8, 4) is 0 Å². The van der Waals surface area contributed by atoms with Crippen molar-refractivity contribution in [1.29, 1.82) is 0 Å². The second-order valence-electron chi connectivity index (χ2n) is 5.73. The molecule has 2 rings (SSSR count). The quantitative estimate of drug-likeness (QED) is 0.885. The molecule has 0 radical (unpaired) electrons. The molecule has 0 saturated carbocycles. The molecule has 1 aromatic heterocycles. The number of nitrogens with zero attached hydrogens (tertiary/aromatic N) is 1. The van der Waals surface area contributed by atoms with Gasteiger partial charge in [0.15, 0.2) is 0 Å². The first-order chi connectivity index (χ1) is 8.09. The van der Waals surface area contributed by atoms with E-state index < -0.39 is 0 Å². The van der Waals surface area contributed by atoms with E-state index in [1.54, 1.807) is 0 Å². The topological polar surface area (TPSA) is 15.3 Å². The molecule has 0 aromatic carbocycles. The summed E-state index contributed by atoms with van der Waals surface area (Å²) < 4.78 is 0. The number of nitrogens with one attached hydrogen (secondary N) is 1. The molecule has 0 aliphatic carbocycles. The summed E-state index contributed by atoms with van der Waals surface area (Å²) in [4.78, 5) is 3.88. The highest BCUT2D eigenvalue weighted by molar-refractivity contribution is 7.10. The van der Waals surface area contributed by atoms with E-state index >= 15 is 0 Å². The van der Waals surface area contributed by atoms with Gasteiger partial charge in [-0.05, 0) is 56.8 Å². The van der Waals surface area contributed by atoms with Crippen molar-refractivity contribution in [2.45, 2.75) is 32.7 Å². The Morgan fingerprint density at radius 3 is 2.76 bits per heavy atom. The van der Waals surface area contributed by atoms with Gasteiger partial charge in [-0.3, -0.25) is 0 Å². The summed E-state index contributed by atoms with van der Waals surface area (Å²) in [7, 11) is 2.22. The highest BCUT2D eigenvalue weighted by atomic mass is 32.1. The Morgan fingerprint density at radius 1 is 1.47 bits per heavy atom. The Hall–Kier alpha value is -0.380. The third-order valence-corrected chi connectivity index (χ3v) is 5.05. The lowest BCUT2D eigenvalue weighted by Crippen LogP contribution is -2.42. The number of rotatable bonds is 4. The maximum Gasteiger partial charge on any atom is 0.0386 e. The molecule has 0 bridgehead atoms. The van der Waals surface area contributed by atoms with E-state index in [-0.39, 0.29) is 0 Å². The van der Waals surface area contributed by atoms with Gasteiger partial charge in [0.2, 0.25) is 0 Å². The molecule has 3 heteroatoms. The molecule has 1 aromatic rings. The predicted molar refractivity (Wildman–Crippen MR) is 75.6 cm³/mol. The largest absolute Gasteiger partial charge is 0.309 e. The Bertz CT molecular complexity index is 326. The lowest BCUT2D eigenvalue weighted by Gasteiger charge is -2.38. The summed E-state index contributed by atoms with van der Waals surface area (Å²) in [6.45, 7) is 8.31.